The van der Waals surface area contributed by atoms with Gasteiger partial charge in [-0.15, -0.1) is 0 Å². The highest BCUT2D eigenvalue weighted by Gasteiger charge is 2.23. The third kappa shape index (κ3) is 2.93. The van der Waals surface area contributed by atoms with Crippen LogP contribution >= 0.6 is 11.6 Å². The van der Waals surface area contributed by atoms with E-state index in [1.807, 2.05) is 29.5 Å². The Morgan fingerprint density at radius 3 is 2.81 bits per heavy atom. The standard InChI is InChI=1S/C19H17ClN4O2/c1-12-4-2-5-17-22-15(11-24(12)17)19(26)21-13-7-8-16(14(20)10-13)23-9-3-6-18(23)25/h2,4-5,7-8,10-11H,3,6,9H2,1H3,(H,21,26). The van der Waals surface area contributed by atoms with Crippen LogP contribution in [0.25, 0.3) is 5.65 Å². The first-order chi connectivity index (χ1) is 12.5. The Labute approximate surface area is 155 Å². The molecule has 2 amide bonds. The summed E-state index contributed by atoms with van der Waals surface area (Å²) in [7, 11) is 0. The minimum Gasteiger partial charge on any atom is -0.321 e. The molecular weight excluding hydrogens is 352 g/mol. The normalized spacial score (nSPS) is 14.2. The van der Waals surface area contributed by atoms with Crippen LogP contribution in [-0.4, -0.2) is 27.7 Å². The maximum atomic E-state index is 12.5. The number of nitrogens with one attached hydrogen (secondary N) is 1. The minimum absolute atomic E-state index is 0.0729. The smallest absolute Gasteiger partial charge is 0.275 e. The number of nitrogens with zero attached hydrogens (tertiary/aromatic N) is 3. The van der Waals surface area contributed by atoms with Crippen molar-refractivity contribution in [3.63, 3.8) is 0 Å². The second kappa shape index (κ2) is 6.46. The van der Waals surface area contributed by atoms with Crippen LogP contribution < -0.4 is 10.2 Å². The van der Waals surface area contributed by atoms with Gasteiger partial charge < -0.3 is 14.6 Å². The van der Waals surface area contributed by atoms with E-state index in [2.05, 4.69) is 10.3 Å². The molecule has 0 bridgehead atoms. The van der Waals surface area contributed by atoms with E-state index < -0.39 is 0 Å². The van der Waals surface area contributed by atoms with Crippen molar-refractivity contribution in [1.82, 2.24) is 9.38 Å². The lowest BCUT2D eigenvalue weighted by Gasteiger charge is -2.18. The number of pyridine rings is 1. The molecule has 26 heavy (non-hydrogen) atoms. The SMILES string of the molecule is Cc1cccc2nc(C(=O)Nc3ccc(N4CCCC4=O)c(Cl)c3)cn12. The molecule has 0 aliphatic carbocycles. The molecule has 1 saturated heterocycles. The van der Waals surface area contributed by atoms with E-state index in [4.69, 9.17) is 11.6 Å². The number of carbonyl (C=O) groups excluding carboxylic acids is 2. The Morgan fingerprint density at radius 1 is 1.27 bits per heavy atom. The molecule has 0 saturated carbocycles. The number of imidazole rings is 1. The zero-order valence-corrected chi connectivity index (χ0v) is 15.0. The van der Waals surface area contributed by atoms with E-state index in [1.54, 1.807) is 29.3 Å². The summed E-state index contributed by atoms with van der Waals surface area (Å²) >= 11 is 6.32. The number of aryl methyl sites for hydroxylation is 1. The van der Waals surface area contributed by atoms with Crippen LogP contribution in [0.2, 0.25) is 5.02 Å². The molecule has 3 heterocycles. The number of halogens is 1. The van der Waals surface area contributed by atoms with Gasteiger partial charge in [-0.3, -0.25) is 9.59 Å². The fourth-order valence-corrected chi connectivity index (χ4v) is 3.44. The van der Waals surface area contributed by atoms with Gasteiger partial charge in [-0.1, -0.05) is 17.7 Å². The summed E-state index contributed by atoms with van der Waals surface area (Å²) in [5.74, 6) is -0.238. The first-order valence-electron chi connectivity index (χ1n) is 8.39. The highest BCUT2D eigenvalue weighted by atomic mass is 35.5. The molecule has 1 N–H and O–H groups in total. The van der Waals surface area contributed by atoms with Gasteiger partial charge in [0.25, 0.3) is 5.91 Å². The number of amides is 2. The molecule has 3 aromatic rings. The monoisotopic (exact) mass is 368 g/mol. The van der Waals surface area contributed by atoms with Gasteiger partial charge in [-0.2, -0.15) is 0 Å². The fourth-order valence-electron chi connectivity index (χ4n) is 3.16. The van der Waals surface area contributed by atoms with Crippen molar-refractivity contribution in [1.29, 1.82) is 0 Å². The van der Waals surface area contributed by atoms with Gasteiger partial charge in [0.2, 0.25) is 5.91 Å². The Balaban J connectivity index is 1.56. The van der Waals surface area contributed by atoms with E-state index in [0.717, 1.165) is 17.8 Å². The number of benzene rings is 1. The van der Waals surface area contributed by atoms with Crippen LogP contribution in [-0.2, 0) is 4.79 Å². The second-order valence-electron chi connectivity index (χ2n) is 6.29. The molecular formula is C19H17ClN4O2. The Morgan fingerprint density at radius 2 is 2.12 bits per heavy atom. The summed E-state index contributed by atoms with van der Waals surface area (Å²) in [6.45, 7) is 2.62. The Hall–Kier alpha value is -2.86. The molecule has 1 aliphatic rings. The van der Waals surface area contributed by atoms with Crippen molar-refractivity contribution in [2.45, 2.75) is 19.8 Å². The number of carbonyl (C=O) groups is 2. The first kappa shape index (κ1) is 16.6. The van der Waals surface area contributed by atoms with Gasteiger partial charge in [0.15, 0.2) is 0 Å². The summed E-state index contributed by atoms with van der Waals surface area (Å²) in [4.78, 5) is 30.4. The summed E-state index contributed by atoms with van der Waals surface area (Å²) in [5, 5.41) is 3.24. The third-order valence-electron chi connectivity index (χ3n) is 4.50. The zero-order chi connectivity index (χ0) is 18.3. The van der Waals surface area contributed by atoms with Gasteiger partial charge in [0.05, 0.1) is 10.7 Å². The predicted octanol–water partition coefficient (Wildman–Crippen LogP) is 3.68. The molecule has 0 spiro atoms. The van der Waals surface area contributed by atoms with E-state index in [1.165, 1.54) is 0 Å². The van der Waals surface area contributed by atoms with E-state index in [0.29, 0.717) is 35.1 Å². The number of hydrogen-bond acceptors (Lipinski definition) is 3. The topological polar surface area (TPSA) is 66.7 Å². The summed E-state index contributed by atoms with van der Waals surface area (Å²) < 4.78 is 1.87. The maximum absolute atomic E-state index is 12.5. The first-order valence-corrected chi connectivity index (χ1v) is 8.77. The van der Waals surface area contributed by atoms with Gasteiger partial charge in [-0.05, 0) is 43.7 Å². The van der Waals surface area contributed by atoms with Crippen molar-refractivity contribution in [2.75, 3.05) is 16.8 Å². The van der Waals surface area contributed by atoms with Crippen molar-refractivity contribution in [3.05, 3.63) is 59.0 Å². The number of hydrogen-bond donors (Lipinski definition) is 1. The van der Waals surface area contributed by atoms with Crippen LogP contribution in [0, 0.1) is 6.92 Å². The largest absolute Gasteiger partial charge is 0.321 e. The van der Waals surface area contributed by atoms with E-state index in [9.17, 15) is 9.59 Å². The van der Waals surface area contributed by atoms with Crippen molar-refractivity contribution in [2.24, 2.45) is 0 Å². The van der Waals surface area contributed by atoms with Crippen molar-refractivity contribution < 1.29 is 9.59 Å². The second-order valence-corrected chi connectivity index (χ2v) is 6.70. The number of rotatable bonds is 3. The molecule has 2 aromatic heterocycles. The molecule has 0 radical (unpaired) electrons. The third-order valence-corrected chi connectivity index (χ3v) is 4.80. The highest BCUT2D eigenvalue weighted by molar-refractivity contribution is 6.34. The number of fused-ring (bicyclic) bond motifs is 1. The van der Waals surface area contributed by atoms with Crippen LogP contribution in [0.15, 0.2) is 42.6 Å². The molecule has 7 heteroatoms. The zero-order valence-electron chi connectivity index (χ0n) is 14.2. The molecule has 1 fully saturated rings. The summed E-state index contributed by atoms with van der Waals surface area (Å²) in [6.07, 6.45) is 3.09. The summed E-state index contributed by atoms with van der Waals surface area (Å²) in [6, 6.07) is 10.9. The lowest BCUT2D eigenvalue weighted by atomic mass is 10.2. The van der Waals surface area contributed by atoms with Gasteiger partial charge in [0.1, 0.15) is 11.3 Å². The van der Waals surface area contributed by atoms with Crippen LogP contribution in [0.3, 0.4) is 0 Å². The molecule has 132 valence electrons. The molecule has 1 aromatic carbocycles. The Bertz CT molecular complexity index is 1030. The highest BCUT2D eigenvalue weighted by Crippen LogP contribution is 2.31. The van der Waals surface area contributed by atoms with Crippen LogP contribution in [0.5, 0.6) is 0 Å². The average Bonchev–Trinajstić information content (AvgIpc) is 3.22. The summed E-state index contributed by atoms with van der Waals surface area (Å²) in [5.41, 5.74) is 3.28. The van der Waals surface area contributed by atoms with Crippen LogP contribution in [0.1, 0.15) is 29.0 Å². The van der Waals surface area contributed by atoms with Gasteiger partial charge in [0, 0.05) is 30.5 Å². The van der Waals surface area contributed by atoms with E-state index in [-0.39, 0.29) is 11.8 Å². The van der Waals surface area contributed by atoms with Gasteiger partial charge in [-0.25, -0.2) is 4.98 Å². The molecule has 4 rings (SSSR count). The van der Waals surface area contributed by atoms with Crippen molar-refractivity contribution >= 4 is 40.4 Å². The number of aromatic nitrogens is 2. The van der Waals surface area contributed by atoms with Crippen molar-refractivity contribution in [3.8, 4) is 0 Å². The fraction of sp³-hybridized carbons (Fsp3) is 0.211. The number of anilines is 2. The quantitative estimate of drug-likeness (QED) is 0.767. The maximum Gasteiger partial charge on any atom is 0.275 e. The molecule has 0 unspecified atom stereocenters. The molecule has 0 atom stereocenters. The van der Waals surface area contributed by atoms with E-state index >= 15 is 0 Å². The van der Waals surface area contributed by atoms with Gasteiger partial charge >= 0.3 is 0 Å². The molecule has 6 nitrogen and oxygen atoms in total. The predicted molar refractivity (Wildman–Crippen MR) is 101 cm³/mol. The Kier molecular flexibility index (Phi) is 4.12. The lowest BCUT2D eigenvalue weighted by molar-refractivity contribution is -0.117. The van der Waals surface area contributed by atoms with Crippen LogP contribution in [0.4, 0.5) is 11.4 Å². The molecule has 1 aliphatic heterocycles. The average molecular weight is 369 g/mol. The minimum atomic E-state index is -0.311. The lowest BCUT2D eigenvalue weighted by Crippen LogP contribution is -2.24.